The van der Waals surface area contributed by atoms with Gasteiger partial charge in [-0.3, -0.25) is 4.79 Å². The van der Waals surface area contributed by atoms with Crippen molar-refractivity contribution in [3.8, 4) is 0 Å². The van der Waals surface area contributed by atoms with Crippen LogP contribution in [0, 0.1) is 17.8 Å². The molecule has 1 heteroatoms. The summed E-state index contributed by atoms with van der Waals surface area (Å²) < 4.78 is 0. The van der Waals surface area contributed by atoms with E-state index in [-0.39, 0.29) is 0 Å². The van der Waals surface area contributed by atoms with Crippen LogP contribution in [0.25, 0.3) is 0 Å². The largest absolute Gasteiger partial charge is 0.299 e. The molecule has 2 bridgehead atoms. The molecule has 1 nitrogen and oxygen atoms in total. The van der Waals surface area contributed by atoms with Crippen LogP contribution in [-0.2, 0) is 4.79 Å². The first-order valence-electron chi connectivity index (χ1n) is 4.95. The molecule has 0 saturated heterocycles. The molecule has 0 spiro atoms. The molecule has 2 aliphatic rings. The quantitative estimate of drug-likeness (QED) is 0.573. The topological polar surface area (TPSA) is 17.1 Å². The molecule has 2 aliphatic carbocycles. The van der Waals surface area contributed by atoms with Gasteiger partial charge in [0.05, 0.1) is 0 Å². The van der Waals surface area contributed by atoms with Crippen molar-refractivity contribution in [2.45, 2.75) is 32.1 Å². The van der Waals surface area contributed by atoms with Crippen LogP contribution in [-0.4, -0.2) is 5.78 Å². The summed E-state index contributed by atoms with van der Waals surface area (Å²) in [7, 11) is 0. The number of carbonyl (C=O) groups excluding carboxylic acids is 1. The van der Waals surface area contributed by atoms with E-state index in [0.717, 1.165) is 18.8 Å². The number of rotatable bonds is 2. The summed E-state index contributed by atoms with van der Waals surface area (Å²) in [5, 5.41) is 0. The number of hydrogen-bond donors (Lipinski definition) is 0. The van der Waals surface area contributed by atoms with Crippen molar-refractivity contribution in [2.75, 3.05) is 0 Å². The lowest BCUT2D eigenvalue weighted by molar-refractivity contribution is -0.126. The van der Waals surface area contributed by atoms with Crippen LogP contribution in [0.4, 0.5) is 0 Å². The smallest absolute Gasteiger partial charge is 0.136 e. The zero-order chi connectivity index (χ0) is 8.55. The molecule has 0 radical (unpaired) electrons. The number of carbonyl (C=O) groups is 1. The molecule has 2 rings (SSSR count). The maximum Gasteiger partial charge on any atom is 0.136 e. The average Bonchev–Trinajstić information content (AvgIpc) is 2.43. The van der Waals surface area contributed by atoms with E-state index in [0.29, 0.717) is 17.6 Å². The lowest BCUT2D eigenvalue weighted by atomic mass is 9.77. The molecule has 0 N–H and O–H groups in total. The fourth-order valence-corrected chi connectivity index (χ4v) is 2.87. The minimum Gasteiger partial charge on any atom is -0.299 e. The van der Waals surface area contributed by atoms with Crippen molar-refractivity contribution in [2.24, 2.45) is 17.8 Å². The van der Waals surface area contributed by atoms with Crippen molar-refractivity contribution in [1.29, 1.82) is 0 Å². The molecule has 0 amide bonds. The van der Waals surface area contributed by atoms with Gasteiger partial charge in [0.1, 0.15) is 5.78 Å². The summed E-state index contributed by atoms with van der Waals surface area (Å²) in [6.07, 6.45) is 7.57. The Hall–Kier alpha value is -0.590. The number of allylic oxidation sites excluding steroid dienone is 1. The first-order valence-corrected chi connectivity index (χ1v) is 4.95. The summed E-state index contributed by atoms with van der Waals surface area (Å²) in [6.45, 7) is 3.72. The molecule has 12 heavy (non-hydrogen) atoms. The Morgan fingerprint density at radius 1 is 1.50 bits per heavy atom. The zero-order valence-electron chi connectivity index (χ0n) is 7.46. The Kier molecular flexibility index (Phi) is 2.03. The molecule has 3 unspecified atom stereocenters. The van der Waals surface area contributed by atoms with Crippen LogP contribution in [0.2, 0.25) is 0 Å². The minimum absolute atomic E-state index is 0.334. The summed E-state index contributed by atoms with van der Waals surface area (Å²) in [5.41, 5.74) is 0. The van der Waals surface area contributed by atoms with Gasteiger partial charge in [0, 0.05) is 12.3 Å². The monoisotopic (exact) mass is 164 g/mol. The van der Waals surface area contributed by atoms with Gasteiger partial charge in [0.25, 0.3) is 0 Å². The van der Waals surface area contributed by atoms with Crippen molar-refractivity contribution >= 4 is 5.78 Å². The third-order valence-corrected chi connectivity index (χ3v) is 3.47. The van der Waals surface area contributed by atoms with Gasteiger partial charge in [-0.2, -0.15) is 0 Å². The van der Waals surface area contributed by atoms with Gasteiger partial charge in [-0.05, 0) is 37.5 Å². The average molecular weight is 164 g/mol. The molecule has 0 aromatic carbocycles. The van der Waals surface area contributed by atoms with E-state index in [9.17, 15) is 4.79 Å². The van der Waals surface area contributed by atoms with Crippen LogP contribution >= 0.6 is 0 Å². The fraction of sp³-hybridized carbons (Fsp3) is 0.727. The molecule has 66 valence electrons. The van der Waals surface area contributed by atoms with E-state index in [1.807, 2.05) is 6.08 Å². The molecule has 0 aromatic rings. The second-order valence-corrected chi connectivity index (χ2v) is 4.24. The Labute approximate surface area is 73.8 Å². The van der Waals surface area contributed by atoms with E-state index in [4.69, 9.17) is 0 Å². The second kappa shape index (κ2) is 3.04. The first kappa shape index (κ1) is 8.03. The van der Waals surface area contributed by atoms with Gasteiger partial charge in [0.2, 0.25) is 0 Å². The van der Waals surface area contributed by atoms with E-state index >= 15 is 0 Å². The van der Waals surface area contributed by atoms with Gasteiger partial charge in [-0.1, -0.05) is 6.08 Å². The number of hydrogen-bond acceptors (Lipinski definition) is 1. The third-order valence-electron chi connectivity index (χ3n) is 3.47. The minimum atomic E-state index is 0.334. The lowest BCUT2D eigenvalue weighted by Gasteiger charge is -2.26. The molecule has 0 aromatic heterocycles. The van der Waals surface area contributed by atoms with Crippen LogP contribution in [0.3, 0.4) is 0 Å². The van der Waals surface area contributed by atoms with E-state index in [1.54, 1.807) is 0 Å². The standard InChI is InChI=1S/C11H16O/c1-2-3-10-9-5-4-8(6-9)7-11(10)12/h2,8-10H,1,3-7H2. The molecule has 2 fully saturated rings. The van der Waals surface area contributed by atoms with Crippen LogP contribution in [0.1, 0.15) is 32.1 Å². The van der Waals surface area contributed by atoms with E-state index < -0.39 is 0 Å². The van der Waals surface area contributed by atoms with E-state index in [1.165, 1.54) is 19.3 Å². The molecule has 3 atom stereocenters. The summed E-state index contributed by atoms with van der Waals surface area (Å²) in [4.78, 5) is 11.6. The van der Waals surface area contributed by atoms with Gasteiger partial charge in [0.15, 0.2) is 0 Å². The zero-order valence-corrected chi connectivity index (χ0v) is 7.46. The molecular formula is C11H16O. The maximum absolute atomic E-state index is 11.6. The van der Waals surface area contributed by atoms with Crippen LogP contribution < -0.4 is 0 Å². The Morgan fingerprint density at radius 3 is 3.08 bits per heavy atom. The third kappa shape index (κ3) is 1.21. The molecule has 2 saturated carbocycles. The lowest BCUT2D eigenvalue weighted by Crippen LogP contribution is -2.27. The van der Waals surface area contributed by atoms with Gasteiger partial charge < -0.3 is 0 Å². The first-order chi connectivity index (χ1) is 5.81. The highest BCUT2D eigenvalue weighted by atomic mass is 16.1. The number of Topliss-reactive ketones (excluding diaryl/α,β-unsaturated/α-hetero) is 1. The van der Waals surface area contributed by atoms with Crippen LogP contribution in [0.15, 0.2) is 12.7 Å². The summed E-state index contributed by atoms with van der Waals surface area (Å²) in [6, 6.07) is 0. The fourth-order valence-electron chi connectivity index (χ4n) is 2.87. The highest BCUT2D eigenvalue weighted by Gasteiger charge is 2.39. The second-order valence-electron chi connectivity index (χ2n) is 4.24. The Morgan fingerprint density at radius 2 is 2.33 bits per heavy atom. The van der Waals surface area contributed by atoms with Gasteiger partial charge >= 0.3 is 0 Å². The highest BCUT2D eigenvalue weighted by Crippen LogP contribution is 2.44. The van der Waals surface area contributed by atoms with Gasteiger partial charge in [-0.15, -0.1) is 6.58 Å². The Balaban J connectivity index is 2.09. The number of fused-ring (bicyclic) bond motifs is 2. The van der Waals surface area contributed by atoms with Gasteiger partial charge in [-0.25, -0.2) is 0 Å². The normalized spacial score (nSPS) is 40.0. The van der Waals surface area contributed by atoms with Crippen molar-refractivity contribution in [1.82, 2.24) is 0 Å². The maximum atomic E-state index is 11.6. The van der Waals surface area contributed by atoms with E-state index in [2.05, 4.69) is 6.58 Å². The van der Waals surface area contributed by atoms with Crippen molar-refractivity contribution in [3.63, 3.8) is 0 Å². The molecule has 0 heterocycles. The summed E-state index contributed by atoms with van der Waals surface area (Å²) >= 11 is 0. The highest BCUT2D eigenvalue weighted by molar-refractivity contribution is 5.82. The molecular weight excluding hydrogens is 148 g/mol. The van der Waals surface area contributed by atoms with Crippen LogP contribution in [0.5, 0.6) is 0 Å². The summed E-state index contributed by atoms with van der Waals surface area (Å²) in [5.74, 6) is 2.28. The predicted octanol–water partition coefficient (Wildman–Crippen LogP) is 2.57. The number of ketones is 1. The Bertz CT molecular complexity index is 207. The SMILES string of the molecule is C=CCC1C(=O)CC2CCC1C2. The molecule has 0 aliphatic heterocycles. The van der Waals surface area contributed by atoms with Crippen molar-refractivity contribution in [3.05, 3.63) is 12.7 Å². The van der Waals surface area contributed by atoms with Crippen molar-refractivity contribution < 1.29 is 4.79 Å². The predicted molar refractivity (Wildman–Crippen MR) is 48.8 cm³/mol.